The maximum absolute atomic E-state index is 12.4. The van der Waals surface area contributed by atoms with Crippen molar-refractivity contribution in [3.63, 3.8) is 0 Å². The minimum Gasteiger partial charge on any atom is -0.371 e. The van der Waals surface area contributed by atoms with Crippen LogP contribution in [-0.4, -0.2) is 19.0 Å². The van der Waals surface area contributed by atoms with Crippen LogP contribution in [0.4, 0.5) is 11.4 Å². The summed E-state index contributed by atoms with van der Waals surface area (Å²) in [5, 5.41) is 3.02. The molecule has 1 fully saturated rings. The molecule has 0 atom stereocenters. The summed E-state index contributed by atoms with van der Waals surface area (Å²) in [6.45, 7) is 3.96. The van der Waals surface area contributed by atoms with Crippen molar-refractivity contribution in [2.75, 3.05) is 23.3 Å². The maximum atomic E-state index is 12.4. The van der Waals surface area contributed by atoms with Crippen LogP contribution in [0.1, 0.15) is 18.4 Å². The van der Waals surface area contributed by atoms with Crippen LogP contribution in [0.3, 0.4) is 0 Å². The lowest BCUT2D eigenvalue weighted by Gasteiger charge is -2.33. The average molecular weight is 373 g/mol. The van der Waals surface area contributed by atoms with Crippen LogP contribution in [0, 0.1) is 12.8 Å². The Balaban J connectivity index is 1.54. The van der Waals surface area contributed by atoms with E-state index >= 15 is 0 Å². The smallest absolute Gasteiger partial charge is 0.227 e. The van der Waals surface area contributed by atoms with Gasteiger partial charge in [-0.25, -0.2) is 0 Å². The van der Waals surface area contributed by atoms with Gasteiger partial charge in [-0.3, -0.25) is 4.79 Å². The van der Waals surface area contributed by atoms with E-state index in [-0.39, 0.29) is 11.8 Å². The van der Waals surface area contributed by atoms with E-state index in [4.69, 9.17) is 0 Å². The zero-order valence-corrected chi connectivity index (χ0v) is 14.8. The van der Waals surface area contributed by atoms with Gasteiger partial charge in [0.05, 0.1) is 0 Å². The Bertz CT molecular complexity index is 659. The van der Waals surface area contributed by atoms with E-state index in [1.807, 2.05) is 24.3 Å². The van der Waals surface area contributed by atoms with Gasteiger partial charge in [-0.15, -0.1) is 0 Å². The lowest BCUT2D eigenvalue weighted by atomic mass is 9.95. The van der Waals surface area contributed by atoms with Crippen molar-refractivity contribution in [2.45, 2.75) is 19.8 Å². The summed E-state index contributed by atoms with van der Waals surface area (Å²) in [5.74, 6) is 0.233. The van der Waals surface area contributed by atoms with Crippen LogP contribution in [0.25, 0.3) is 0 Å². The number of hydrogen-bond acceptors (Lipinski definition) is 2. The quantitative estimate of drug-likeness (QED) is 0.852. The minimum absolute atomic E-state index is 0.0975. The number of anilines is 2. The van der Waals surface area contributed by atoms with Gasteiger partial charge in [-0.1, -0.05) is 33.6 Å². The Morgan fingerprint density at radius 2 is 1.65 bits per heavy atom. The summed E-state index contributed by atoms with van der Waals surface area (Å²) in [7, 11) is 0. The molecule has 1 aliphatic heterocycles. The summed E-state index contributed by atoms with van der Waals surface area (Å²) in [4.78, 5) is 14.8. The summed E-state index contributed by atoms with van der Waals surface area (Å²) < 4.78 is 1.02. The fraction of sp³-hybridized carbons (Fsp3) is 0.316. The molecule has 4 heteroatoms. The molecule has 0 aromatic heterocycles. The number of aryl methyl sites for hydroxylation is 1. The zero-order chi connectivity index (χ0) is 16.2. The highest BCUT2D eigenvalue weighted by Crippen LogP contribution is 2.25. The lowest BCUT2D eigenvalue weighted by Crippen LogP contribution is -2.38. The van der Waals surface area contributed by atoms with Crippen LogP contribution >= 0.6 is 15.9 Å². The highest BCUT2D eigenvalue weighted by Gasteiger charge is 2.25. The van der Waals surface area contributed by atoms with E-state index in [1.54, 1.807) is 0 Å². The molecular weight excluding hydrogens is 352 g/mol. The van der Waals surface area contributed by atoms with E-state index in [1.165, 1.54) is 11.3 Å². The van der Waals surface area contributed by atoms with Crippen LogP contribution in [-0.2, 0) is 4.79 Å². The SMILES string of the molecule is Cc1ccc(N2CCC(C(=O)Nc3ccc(Br)cc3)CC2)cc1. The van der Waals surface area contributed by atoms with Gasteiger partial charge in [0, 0.05) is 34.9 Å². The molecule has 0 spiro atoms. The van der Waals surface area contributed by atoms with Crippen molar-refractivity contribution < 1.29 is 4.79 Å². The first-order valence-electron chi connectivity index (χ1n) is 8.00. The van der Waals surface area contributed by atoms with Gasteiger partial charge in [0.25, 0.3) is 0 Å². The molecule has 0 aliphatic carbocycles. The monoisotopic (exact) mass is 372 g/mol. The molecule has 3 rings (SSSR count). The number of piperidine rings is 1. The predicted octanol–water partition coefficient (Wildman–Crippen LogP) is 4.61. The molecule has 120 valence electrons. The van der Waals surface area contributed by atoms with Gasteiger partial charge in [-0.05, 0) is 56.2 Å². The molecular formula is C19H21BrN2O. The van der Waals surface area contributed by atoms with Gasteiger partial charge < -0.3 is 10.2 Å². The second-order valence-corrected chi connectivity index (χ2v) is 7.01. The fourth-order valence-electron chi connectivity index (χ4n) is 2.93. The second-order valence-electron chi connectivity index (χ2n) is 6.09. The van der Waals surface area contributed by atoms with Crippen molar-refractivity contribution in [3.05, 3.63) is 58.6 Å². The number of nitrogens with one attached hydrogen (secondary N) is 1. The Morgan fingerprint density at radius 3 is 2.26 bits per heavy atom. The molecule has 0 bridgehead atoms. The van der Waals surface area contributed by atoms with Gasteiger partial charge in [0.15, 0.2) is 0 Å². The Kier molecular flexibility index (Phi) is 5.01. The molecule has 1 N–H and O–H groups in total. The number of nitrogens with zero attached hydrogens (tertiary/aromatic N) is 1. The van der Waals surface area contributed by atoms with E-state index < -0.39 is 0 Å². The van der Waals surface area contributed by atoms with E-state index in [0.717, 1.165) is 36.1 Å². The number of amides is 1. The molecule has 1 amide bonds. The van der Waals surface area contributed by atoms with Gasteiger partial charge >= 0.3 is 0 Å². The molecule has 1 heterocycles. The first kappa shape index (κ1) is 16.1. The van der Waals surface area contributed by atoms with Crippen LogP contribution in [0.15, 0.2) is 53.0 Å². The van der Waals surface area contributed by atoms with Crippen molar-refractivity contribution >= 4 is 33.2 Å². The van der Waals surface area contributed by atoms with Crippen LogP contribution in [0.2, 0.25) is 0 Å². The maximum Gasteiger partial charge on any atom is 0.227 e. The molecule has 2 aromatic carbocycles. The third-order valence-corrected chi connectivity index (χ3v) is 4.91. The summed E-state index contributed by atoms with van der Waals surface area (Å²) >= 11 is 3.40. The average Bonchev–Trinajstić information content (AvgIpc) is 2.58. The van der Waals surface area contributed by atoms with E-state index in [2.05, 4.69) is 57.3 Å². The highest BCUT2D eigenvalue weighted by atomic mass is 79.9. The lowest BCUT2D eigenvalue weighted by molar-refractivity contribution is -0.120. The second kappa shape index (κ2) is 7.18. The number of benzene rings is 2. The molecule has 2 aromatic rings. The predicted molar refractivity (Wildman–Crippen MR) is 98.9 cm³/mol. The first-order valence-corrected chi connectivity index (χ1v) is 8.79. The number of halogens is 1. The van der Waals surface area contributed by atoms with E-state index in [0.29, 0.717) is 0 Å². The van der Waals surface area contributed by atoms with Crippen molar-refractivity contribution in [2.24, 2.45) is 5.92 Å². The van der Waals surface area contributed by atoms with Crippen molar-refractivity contribution in [3.8, 4) is 0 Å². The Hall–Kier alpha value is -1.81. The molecule has 23 heavy (non-hydrogen) atoms. The van der Waals surface area contributed by atoms with Crippen LogP contribution < -0.4 is 10.2 Å². The molecule has 1 aliphatic rings. The molecule has 3 nitrogen and oxygen atoms in total. The first-order chi connectivity index (χ1) is 11.1. The number of carbonyl (C=O) groups excluding carboxylic acids is 1. The van der Waals surface area contributed by atoms with Gasteiger partial charge in [-0.2, -0.15) is 0 Å². The summed E-state index contributed by atoms with van der Waals surface area (Å²) in [5.41, 5.74) is 3.39. The van der Waals surface area contributed by atoms with Gasteiger partial charge in [0.2, 0.25) is 5.91 Å². The largest absolute Gasteiger partial charge is 0.371 e. The number of carbonyl (C=O) groups is 1. The highest BCUT2D eigenvalue weighted by molar-refractivity contribution is 9.10. The standard InChI is InChI=1S/C19H21BrN2O/c1-14-2-8-18(9-3-14)22-12-10-15(11-13-22)19(23)21-17-6-4-16(20)5-7-17/h2-9,15H,10-13H2,1H3,(H,21,23). The Labute approximate surface area is 145 Å². The van der Waals surface area contributed by atoms with Crippen molar-refractivity contribution in [1.82, 2.24) is 0 Å². The summed E-state index contributed by atoms with van der Waals surface area (Å²) in [6.07, 6.45) is 1.80. The molecule has 0 saturated carbocycles. The number of hydrogen-bond donors (Lipinski definition) is 1. The normalized spacial score (nSPS) is 15.5. The van der Waals surface area contributed by atoms with E-state index in [9.17, 15) is 4.79 Å². The van der Waals surface area contributed by atoms with Crippen molar-refractivity contribution in [1.29, 1.82) is 0 Å². The fourth-order valence-corrected chi connectivity index (χ4v) is 3.20. The third kappa shape index (κ3) is 4.14. The number of rotatable bonds is 3. The molecule has 0 radical (unpaired) electrons. The topological polar surface area (TPSA) is 32.3 Å². The third-order valence-electron chi connectivity index (χ3n) is 4.38. The zero-order valence-electron chi connectivity index (χ0n) is 13.3. The Morgan fingerprint density at radius 1 is 1.04 bits per heavy atom. The molecule has 0 unspecified atom stereocenters. The molecule has 1 saturated heterocycles. The van der Waals surface area contributed by atoms with Gasteiger partial charge in [0.1, 0.15) is 0 Å². The van der Waals surface area contributed by atoms with Crippen LogP contribution in [0.5, 0.6) is 0 Å². The summed E-state index contributed by atoms with van der Waals surface area (Å²) in [6, 6.07) is 16.3. The minimum atomic E-state index is 0.0975.